The molecule has 0 fully saturated rings. The van der Waals surface area contributed by atoms with E-state index in [9.17, 15) is 4.79 Å². The number of rotatable bonds is 3. The van der Waals surface area contributed by atoms with E-state index in [0.717, 1.165) is 11.5 Å². The van der Waals surface area contributed by atoms with Crippen LogP contribution in [0.4, 0.5) is 10.7 Å². The molecule has 0 saturated heterocycles. The molecule has 2 N–H and O–H groups in total. The zero-order chi connectivity index (χ0) is 11.5. The van der Waals surface area contributed by atoms with E-state index in [0.29, 0.717) is 16.4 Å². The molecule has 0 radical (unpaired) electrons. The van der Waals surface area contributed by atoms with Crippen molar-refractivity contribution in [3.8, 4) is 0 Å². The molecule has 6 nitrogen and oxygen atoms in total. The summed E-state index contributed by atoms with van der Waals surface area (Å²) in [4.78, 5) is 18.6. The topological polar surface area (TPSA) is 88.0 Å². The van der Waals surface area contributed by atoms with Crippen molar-refractivity contribution in [2.75, 3.05) is 5.32 Å². The predicted octanol–water partition coefficient (Wildman–Crippen LogP) is 1.68. The van der Waals surface area contributed by atoms with Crippen LogP contribution in [0.15, 0.2) is 18.7 Å². The van der Waals surface area contributed by atoms with Gasteiger partial charge in [-0.2, -0.15) is 4.37 Å². The van der Waals surface area contributed by atoms with Crippen LogP contribution in [-0.4, -0.2) is 25.4 Å². The Bertz CT molecular complexity index is 511. The van der Waals surface area contributed by atoms with Gasteiger partial charge in [0, 0.05) is 0 Å². The Balaban J connectivity index is 2.32. The minimum Gasteiger partial charge on any atom is -0.478 e. The number of aromatic carboxylic acids is 1. The molecular formula is C9H8N4O2S. The van der Waals surface area contributed by atoms with Gasteiger partial charge >= 0.3 is 5.97 Å². The van der Waals surface area contributed by atoms with Crippen molar-refractivity contribution in [2.24, 2.45) is 0 Å². The van der Waals surface area contributed by atoms with Crippen molar-refractivity contribution < 1.29 is 9.90 Å². The summed E-state index contributed by atoms with van der Waals surface area (Å²) in [5.74, 6) is -0.995. The van der Waals surface area contributed by atoms with Crippen molar-refractivity contribution in [3.05, 3.63) is 30.0 Å². The number of aryl methyl sites for hydroxylation is 1. The van der Waals surface area contributed by atoms with Gasteiger partial charge in [-0.05, 0) is 18.5 Å². The van der Waals surface area contributed by atoms with E-state index in [1.54, 1.807) is 19.3 Å². The molecule has 2 heterocycles. The first kappa shape index (κ1) is 10.5. The third-order valence-electron chi connectivity index (χ3n) is 1.90. The lowest BCUT2D eigenvalue weighted by Gasteiger charge is -2.02. The molecule has 0 aromatic carbocycles. The molecule has 0 amide bonds. The van der Waals surface area contributed by atoms with Gasteiger partial charge in [-0.25, -0.2) is 14.8 Å². The van der Waals surface area contributed by atoms with Crippen molar-refractivity contribution in [1.29, 1.82) is 0 Å². The maximum Gasteiger partial charge on any atom is 0.340 e. The normalized spacial score (nSPS) is 10.1. The van der Waals surface area contributed by atoms with E-state index in [4.69, 9.17) is 5.11 Å². The summed E-state index contributed by atoms with van der Waals surface area (Å²) in [6, 6.07) is 0. The van der Waals surface area contributed by atoms with Crippen molar-refractivity contribution in [2.45, 2.75) is 6.92 Å². The molecule has 7 heteroatoms. The Labute approximate surface area is 95.2 Å². The molecule has 0 aliphatic carbocycles. The van der Waals surface area contributed by atoms with Crippen LogP contribution >= 0.6 is 11.5 Å². The summed E-state index contributed by atoms with van der Waals surface area (Å²) >= 11 is 1.10. The zero-order valence-corrected chi connectivity index (χ0v) is 9.15. The number of aromatic nitrogens is 3. The molecule has 0 unspecified atom stereocenters. The second-order valence-corrected chi connectivity index (χ2v) is 3.80. The first-order valence-corrected chi connectivity index (χ1v) is 5.17. The molecule has 0 atom stereocenters. The van der Waals surface area contributed by atoms with Gasteiger partial charge in [-0.3, -0.25) is 0 Å². The van der Waals surface area contributed by atoms with Crippen molar-refractivity contribution in [3.63, 3.8) is 0 Å². The van der Waals surface area contributed by atoms with Crippen LogP contribution in [0.2, 0.25) is 0 Å². The zero-order valence-electron chi connectivity index (χ0n) is 8.34. The summed E-state index contributed by atoms with van der Waals surface area (Å²) in [7, 11) is 0. The molecule has 0 aliphatic rings. The van der Waals surface area contributed by atoms with Crippen LogP contribution in [-0.2, 0) is 0 Å². The number of carboxylic acid groups (broad SMARTS) is 1. The lowest BCUT2D eigenvalue weighted by atomic mass is 10.2. The van der Waals surface area contributed by atoms with Gasteiger partial charge in [-0.1, -0.05) is 0 Å². The maximum absolute atomic E-state index is 11.0. The maximum atomic E-state index is 11.0. The fraction of sp³-hybridized carbons (Fsp3) is 0.111. The monoisotopic (exact) mass is 236 g/mol. The highest BCUT2D eigenvalue weighted by molar-refractivity contribution is 7.10. The molecule has 0 spiro atoms. The molecule has 2 aromatic rings. The number of anilines is 2. The van der Waals surface area contributed by atoms with Crippen LogP contribution in [0.1, 0.15) is 16.1 Å². The molecule has 0 bridgehead atoms. The molecule has 0 saturated carbocycles. The van der Waals surface area contributed by atoms with E-state index in [1.165, 1.54) is 6.33 Å². The van der Waals surface area contributed by atoms with Gasteiger partial charge in [0.25, 0.3) is 0 Å². The Morgan fingerprint density at radius 1 is 1.44 bits per heavy atom. The summed E-state index contributed by atoms with van der Waals surface area (Å²) in [6.07, 6.45) is 4.53. The molecule has 2 rings (SSSR count). The van der Waals surface area contributed by atoms with Crippen molar-refractivity contribution >= 4 is 28.2 Å². The minimum atomic E-state index is -0.995. The number of nitrogens with zero attached hydrogens (tertiary/aromatic N) is 3. The molecule has 82 valence electrons. The molecule has 16 heavy (non-hydrogen) atoms. The number of hydrogen-bond acceptors (Lipinski definition) is 6. The second-order valence-electron chi connectivity index (χ2n) is 3.03. The number of hydrogen-bond donors (Lipinski definition) is 2. The second kappa shape index (κ2) is 4.23. The fourth-order valence-corrected chi connectivity index (χ4v) is 2.01. The highest BCUT2D eigenvalue weighted by Gasteiger charge is 2.17. The van der Waals surface area contributed by atoms with Gasteiger partial charge in [0.05, 0.1) is 23.8 Å². The largest absolute Gasteiger partial charge is 0.478 e. The SMILES string of the molecule is Cc1nsc(Nc2cncnc2)c1C(=O)O. The quantitative estimate of drug-likeness (QED) is 0.843. The van der Waals surface area contributed by atoms with Crippen LogP contribution in [0.25, 0.3) is 0 Å². The first-order valence-electron chi connectivity index (χ1n) is 4.40. The lowest BCUT2D eigenvalue weighted by molar-refractivity contribution is 0.0697. The van der Waals surface area contributed by atoms with E-state index in [1.807, 2.05) is 0 Å². The minimum absolute atomic E-state index is 0.189. The van der Waals surface area contributed by atoms with Crippen molar-refractivity contribution in [1.82, 2.24) is 14.3 Å². The Morgan fingerprint density at radius 3 is 2.75 bits per heavy atom. The summed E-state index contributed by atoms with van der Waals surface area (Å²) in [5, 5.41) is 12.4. The Hall–Kier alpha value is -2.02. The highest BCUT2D eigenvalue weighted by atomic mass is 32.1. The number of carboxylic acids is 1. The van der Waals surface area contributed by atoms with E-state index in [2.05, 4.69) is 19.7 Å². The smallest absolute Gasteiger partial charge is 0.340 e. The van der Waals surface area contributed by atoms with Gasteiger partial charge < -0.3 is 10.4 Å². The van der Waals surface area contributed by atoms with Gasteiger partial charge in [0.15, 0.2) is 0 Å². The average Bonchev–Trinajstić information content (AvgIpc) is 2.61. The van der Waals surface area contributed by atoms with Crippen LogP contribution in [0.3, 0.4) is 0 Å². The van der Waals surface area contributed by atoms with E-state index in [-0.39, 0.29) is 5.56 Å². The third-order valence-corrected chi connectivity index (χ3v) is 2.75. The molecule has 2 aromatic heterocycles. The van der Waals surface area contributed by atoms with Gasteiger partial charge in [-0.15, -0.1) is 0 Å². The highest BCUT2D eigenvalue weighted by Crippen LogP contribution is 2.27. The number of carbonyl (C=O) groups is 1. The Kier molecular flexibility index (Phi) is 2.78. The fourth-order valence-electron chi connectivity index (χ4n) is 1.20. The van der Waals surface area contributed by atoms with E-state index < -0.39 is 5.97 Å². The standard InChI is InChI=1S/C9H8N4O2S/c1-5-7(9(14)15)8(16-13-5)12-6-2-10-4-11-3-6/h2-4,12H,1H3,(H,14,15). The van der Waals surface area contributed by atoms with Gasteiger partial charge in [0.2, 0.25) is 0 Å². The summed E-state index contributed by atoms with van der Waals surface area (Å²) in [5.41, 5.74) is 1.32. The van der Waals surface area contributed by atoms with Crippen LogP contribution in [0, 0.1) is 6.92 Å². The molecule has 0 aliphatic heterocycles. The predicted molar refractivity (Wildman–Crippen MR) is 59.1 cm³/mol. The average molecular weight is 236 g/mol. The van der Waals surface area contributed by atoms with Crippen LogP contribution in [0.5, 0.6) is 0 Å². The van der Waals surface area contributed by atoms with Gasteiger partial charge in [0.1, 0.15) is 16.9 Å². The lowest BCUT2D eigenvalue weighted by Crippen LogP contribution is -2.01. The number of nitrogens with one attached hydrogen (secondary N) is 1. The van der Waals surface area contributed by atoms with Crippen LogP contribution < -0.4 is 5.32 Å². The Morgan fingerprint density at radius 2 is 2.12 bits per heavy atom. The van der Waals surface area contributed by atoms with E-state index >= 15 is 0 Å². The molecular weight excluding hydrogens is 228 g/mol. The summed E-state index contributed by atoms with van der Waals surface area (Å²) in [6.45, 7) is 1.66. The third kappa shape index (κ3) is 1.98. The first-order chi connectivity index (χ1) is 7.68. The summed E-state index contributed by atoms with van der Waals surface area (Å²) < 4.78 is 3.99.